The van der Waals surface area contributed by atoms with E-state index in [1.54, 1.807) is 32.5 Å². The van der Waals surface area contributed by atoms with Crippen LogP contribution in [0.1, 0.15) is 35.7 Å². The van der Waals surface area contributed by atoms with Crippen molar-refractivity contribution in [3.05, 3.63) is 47.7 Å². The number of anilines is 2. The molecule has 2 aromatic rings. The molecule has 0 unspecified atom stereocenters. The molecule has 27 heavy (non-hydrogen) atoms. The highest BCUT2D eigenvalue weighted by Gasteiger charge is 2.16. The highest BCUT2D eigenvalue weighted by Crippen LogP contribution is 2.34. The molecule has 6 heteroatoms. The molecule has 2 heterocycles. The van der Waals surface area contributed by atoms with Crippen molar-refractivity contribution >= 4 is 23.5 Å². The summed E-state index contributed by atoms with van der Waals surface area (Å²) in [6.07, 6.45) is 7.87. The van der Waals surface area contributed by atoms with Gasteiger partial charge in [-0.05, 0) is 44.0 Å². The molecule has 1 saturated heterocycles. The maximum Gasteiger partial charge on any atom is 0.255 e. The third-order valence-electron chi connectivity index (χ3n) is 4.55. The zero-order valence-corrected chi connectivity index (χ0v) is 16.0. The zero-order valence-electron chi connectivity index (χ0n) is 16.0. The lowest BCUT2D eigenvalue weighted by molar-refractivity contribution is 0.102. The van der Waals surface area contributed by atoms with Crippen LogP contribution in [0.2, 0.25) is 0 Å². The van der Waals surface area contributed by atoms with E-state index in [2.05, 4.69) is 15.2 Å². The Labute approximate surface area is 159 Å². The second-order valence-corrected chi connectivity index (χ2v) is 6.35. The quantitative estimate of drug-likeness (QED) is 0.836. The number of carbonyl (C=O) groups excluding carboxylic acids is 1. The van der Waals surface area contributed by atoms with Crippen molar-refractivity contribution in [2.24, 2.45) is 0 Å². The fourth-order valence-electron chi connectivity index (χ4n) is 3.22. The number of nitrogens with one attached hydrogen (secondary N) is 1. The van der Waals surface area contributed by atoms with Crippen LogP contribution in [0.25, 0.3) is 6.08 Å². The van der Waals surface area contributed by atoms with Crippen molar-refractivity contribution in [3.63, 3.8) is 0 Å². The van der Waals surface area contributed by atoms with E-state index < -0.39 is 0 Å². The molecule has 1 amide bonds. The number of nitrogens with zero attached hydrogens (tertiary/aromatic N) is 2. The number of ether oxygens (including phenoxy) is 2. The summed E-state index contributed by atoms with van der Waals surface area (Å²) in [6, 6.07) is 7.28. The highest BCUT2D eigenvalue weighted by atomic mass is 16.5. The van der Waals surface area contributed by atoms with Crippen molar-refractivity contribution in [1.82, 2.24) is 4.98 Å². The number of hydrogen-bond acceptors (Lipinski definition) is 5. The van der Waals surface area contributed by atoms with E-state index in [1.165, 1.54) is 12.8 Å². The lowest BCUT2D eigenvalue weighted by Crippen LogP contribution is -2.19. The van der Waals surface area contributed by atoms with Gasteiger partial charge < -0.3 is 19.7 Å². The predicted octanol–water partition coefficient (Wildman–Crippen LogP) is 3.98. The average molecular weight is 367 g/mol. The fourth-order valence-corrected chi connectivity index (χ4v) is 3.22. The molecule has 1 aromatic carbocycles. The molecule has 0 saturated carbocycles. The van der Waals surface area contributed by atoms with Crippen molar-refractivity contribution in [1.29, 1.82) is 0 Å². The normalized spacial score (nSPS) is 13.8. The van der Waals surface area contributed by atoms with Crippen molar-refractivity contribution in [2.75, 3.05) is 37.5 Å². The molecule has 1 aliphatic rings. The van der Waals surface area contributed by atoms with Gasteiger partial charge in [-0.1, -0.05) is 12.2 Å². The zero-order chi connectivity index (χ0) is 19.2. The maximum atomic E-state index is 12.7. The molecule has 3 rings (SSSR count). The van der Waals surface area contributed by atoms with E-state index in [1.807, 2.05) is 31.2 Å². The van der Waals surface area contributed by atoms with Crippen LogP contribution >= 0.6 is 0 Å². The van der Waals surface area contributed by atoms with Gasteiger partial charge in [0.05, 0.1) is 26.1 Å². The van der Waals surface area contributed by atoms with E-state index in [4.69, 9.17) is 9.47 Å². The molecule has 0 spiro atoms. The molecule has 142 valence electrons. The predicted molar refractivity (Wildman–Crippen MR) is 108 cm³/mol. The standard InChI is InChI=1S/C21H25N3O3/c1-4-7-15-12-16(13-18(26-2)20(15)27-3)21(25)23-17-8-9-19(22-14-17)24-10-5-6-11-24/h4,7-9,12-14H,5-6,10-11H2,1-3H3,(H,23,25)/b7-4+. The Morgan fingerprint density at radius 2 is 1.96 bits per heavy atom. The van der Waals surface area contributed by atoms with E-state index in [-0.39, 0.29) is 5.91 Å². The third kappa shape index (κ3) is 4.22. The Morgan fingerprint density at radius 1 is 1.19 bits per heavy atom. The molecule has 0 aliphatic carbocycles. The summed E-state index contributed by atoms with van der Waals surface area (Å²) in [6.45, 7) is 3.99. The summed E-state index contributed by atoms with van der Waals surface area (Å²) >= 11 is 0. The highest BCUT2D eigenvalue weighted by molar-refractivity contribution is 6.05. The van der Waals surface area contributed by atoms with Crippen LogP contribution in [0, 0.1) is 0 Å². The smallest absolute Gasteiger partial charge is 0.255 e. The van der Waals surface area contributed by atoms with Crippen LogP contribution in [0.5, 0.6) is 11.5 Å². The first-order chi connectivity index (χ1) is 13.2. The monoisotopic (exact) mass is 367 g/mol. The summed E-state index contributed by atoms with van der Waals surface area (Å²) in [5.74, 6) is 1.84. The molecule has 1 N–H and O–H groups in total. The number of rotatable bonds is 6. The van der Waals surface area contributed by atoms with E-state index in [0.29, 0.717) is 22.7 Å². The van der Waals surface area contributed by atoms with Gasteiger partial charge in [-0.3, -0.25) is 4.79 Å². The first kappa shape index (κ1) is 18.8. The Hall–Kier alpha value is -3.02. The van der Waals surface area contributed by atoms with Gasteiger partial charge in [-0.15, -0.1) is 0 Å². The Bertz CT molecular complexity index is 825. The number of hydrogen-bond donors (Lipinski definition) is 1. The molecule has 1 aliphatic heterocycles. The van der Waals surface area contributed by atoms with Gasteiger partial charge in [-0.25, -0.2) is 4.98 Å². The fraction of sp³-hybridized carbons (Fsp3) is 0.333. The number of methoxy groups -OCH3 is 2. The molecule has 1 aromatic heterocycles. The van der Waals surface area contributed by atoms with Gasteiger partial charge in [0.1, 0.15) is 5.82 Å². The number of amides is 1. The number of pyridine rings is 1. The molecule has 6 nitrogen and oxygen atoms in total. The number of aromatic nitrogens is 1. The maximum absolute atomic E-state index is 12.7. The minimum atomic E-state index is -0.225. The van der Waals surface area contributed by atoms with Crippen LogP contribution in [0.4, 0.5) is 11.5 Å². The Morgan fingerprint density at radius 3 is 2.56 bits per heavy atom. The van der Waals surface area contributed by atoms with E-state index in [0.717, 1.165) is 24.5 Å². The summed E-state index contributed by atoms with van der Waals surface area (Å²) in [4.78, 5) is 19.4. The molecule has 0 atom stereocenters. The van der Waals surface area contributed by atoms with Gasteiger partial charge in [-0.2, -0.15) is 0 Å². The lowest BCUT2D eigenvalue weighted by Gasteiger charge is -2.16. The van der Waals surface area contributed by atoms with Gasteiger partial charge in [0.2, 0.25) is 0 Å². The van der Waals surface area contributed by atoms with Gasteiger partial charge >= 0.3 is 0 Å². The van der Waals surface area contributed by atoms with Crippen LogP contribution in [-0.4, -0.2) is 38.2 Å². The lowest BCUT2D eigenvalue weighted by atomic mass is 10.1. The van der Waals surface area contributed by atoms with Crippen LogP contribution < -0.4 is 19.7 Å². The van der Waals surface area contributed by atoms with Crippen molar-refractivity contribution in [2.45, 2.75) is 19.8 Å². The summed E-state index contributed by atoms with van der Waals surface area (Å²) in [5, 5.41) is 2.89. The summed E-state index contributed by atoms with van der Waals surface area (Å²) < 4.78 is 10.8. The largest absolute Gasteiger partial charge is 0.493 e. The average Bonchev–Trinajstić information content (AvgIpc) is 3.23. The van der Waals surface area contributed by atoms with E-state index >= 15 is 0 Å². The van der Waals surface area contributed by atoms with Crippen LogP contribution in [0.3, 0.4) is 0 Å². The van der Waals surface area contributed by atoms with Gasteiger partial charge in [0.25, 0.3) is 5.91 Å². The number of allylic oxidation sites excluding steroid dienone is 1. The first-order valence-electron chi connectivity index (χ1n) is 9.07. The topological polar surface area (TPSA) is 63.7 Å². The second kappa shape index (κ2) is 8.58. The van der Waals surface area contributed by atoms with Crippen LogP contribution in [0.15, 0.2) is 36.5 Å². The van der Waals surface area contributed by atoms with Crippen molar-refractivity contribution in [3.8, 4) is 11.5 Å². The summed E-state index contributed by atoms with van der Waals surface area (Å²) in [7, 11) is 3.14. The first-order valence-corrected chi connectivity index (χ1v) is 9.07. The van der Waals surface area contributed by atoms with Gasteiger partial charge in [0, 0.05) is 24.2 Å². The number of benzene rings is 1. The number of carbonyl (C=O) groups is 1. The summed E-state index contributed by atoms with van der Waals surface area (Å²) in [5.41, 5.74) is 1.93. The van der Waals surface area contributed by atoms with Gasteiger partial charge in [0.15, 0.2) is 11.5 Å². The van der Waals surface area contributed by atoms with Crippen LogP contribution in [-0.2, 0) is 0 Å². The second-order valence-electron chi connectivity index (χ2n) is 6.35. The Kier molecular flexibility index (Phi) is 5.96. The van der Waals surface area contributed by atoms with Crippen molar-refractivity contribution < 1.29 is 14.3 Å². The third-order valence-corrected chi connectivity index (χ3v) is 4.55. The minimum Gasteiger partial charge on any atom is -0.493 e. The van der Waals surface area contributed by atoms with E-state index in [9.17, 15) is 4.79 Å². The Balaban J connectivity index is 1.80. The minimum absolute atomic E-state index is 0.225. The molecular formula is C21H25N3O3. The SMILES string of the molecule is C/C=C/c1cc(C(=O)Nc2ccc(N3CCCC3)nc2)cc(OC)c1OC. The molecule has 1 fully saturated rings. The molecule has 0 radical (unpaired) electrons. The molecule has 0 bridgehead atoms. The molecular weight excluding hydrogens is 342 g/mol.